The standard InChI is InChI=1S/C19H21N5O3/c1-5-10-22-17(26)15-16(21(4)19(22)27)20-18-23(11(2)12(3)24(15)18)13-8-6-7-9-14(13)25/h6-9,25H,5,10H2,1-4H3. The molecule has 8 heteroatoms. The Kier molecular flexibility index (Phi) is 3.73. The molecule has 0 saturated carbocycles. The second kappa shape index (κ2) is 5.87. The molecule has 4 aromatic rings. The summed E-state index contributed by atoms with van der Waals surface area (Å²) in [5, 5.41) is 10.3. The molecule has 3 aromatic heterocycles. The zero-order valence-electron chi connectivity index (χ0n) is 15.7. The molecule has 0 aliphatic rings. The normalized spacial score (nSPS) is 11.7. The monoisotopic (exact) mass is 367 g/mol. The molecule has 0 radical (unpaired) electrons. The Balaban J connectivity index is 2.23. The van der Waals surface area contributed by atoms with Crippen molar-refractivity contribution in [2.45, 2.75) is 33.7 Å². The molecule has 27 heavy (non-hydrogen) atoms. The van der Waals surface area contributed by atoms with Gasteiger partial charge in [-0.3, -0.25) is 22.9 Å². The van der Waals surface area contributed by atoms with Crippen molar-refractivity contribution in [3.63, 3.8) is 0 Å². The summed E-state index contributed by atoms with van der Waals surface area (Å²) in [4.78, 5) is 30.3. The molecule has 1 N–H and O–H groups in total. The van der Waals surface area contributed by atoms with E-state index in [9.17, 15) is 14.7 Å². The number of imidazole rings is 2. The van der Waals surface area contributed by atoms with Crippen molar-refractivity contribution in [2.24, 2.45) is 7.05 Å². The highest BCUT2D eigenvalue weighted by Gasteiger charge is 2.23. The van der Waals surface area contributed by atoms with Gasteiger partial charge in [0.25, 0.3) is 5.56 Å². The first-order chi connectivity index (χ1) is 12.9. The van der Waals surface area contributed by atoms with E-state index in [4.69, 9.17) is 0 Å². The lowest BCUT2D eigenvalue weighted by Crippen LogP contribution is -2.39. The molecule has 0 bridgehead atoms. The lowest BCUT2D eigenvalue weighted by molar-refractivity contribution is 0.472. The number of phenols is 1. The van der Waals surface area contributed by atoms with Crippen LogP contribution in [-0.2, 0) is 13.6 Å². The fourth-order valence-electron chi connectivity index (χ4n) is 3.61. The quantitative estimate of drug-likeness (QED) is 0.599. The molecule has 140 valence electrons. The molecule has 0 aliphatic carbocycles. The highest BCUT2D eigenvalue weighted by molar-refractivity contribution is 5.77. The van der Waals surface area contributed by atoms with Gasteiger partial charge < -0.3 is 5.11 Å². The average Bonchev–Trinajstić information content (AvgIpc) is 3.14. The maximum absolute atomic E-state index is 13.1. The topological polar surface area (TPSA) is 86.5 Å². The van der Waals surface area contributed by atoms with Crippen LogP contribution in [0, 0.1) is 13.8 Å². The van der Waals surface area contributed by atoms with E-state index in [1.807, 2.05) is 26.8 Å². The van der Waals surface area contributed by atoms with Gasteiger partial charge in [-0.2, -0.15) is 4.98 Å². The third kappa shape index (κ3) is 2.19. The molecular formula is C19H21N5O3. The predicted octanol–water partition coefficient (Wildman–Crippen LogP) is 1.87. The first-order valence-electron chi connectivity index (χ1n) is 8.86. The van der Waals surface area contributed by atoms with Gasteiger partial charge in [-0.05, 0) is 32.4 Å². The maximum Gasteiger partial charge on any atom is 0.332 e. The molecule has 8 nitrogen and oxygen atoms in total. The molecule has 0 spiro atoms. The van der Waals surface area contributed by atoms with Crippen LogP contribution in [0.15, 0.2) is 33.9 Å². The van der Waals surface area contributed by atoms with Gasteiger partial charge in [-0.1, -0.05) is 19.1 Å². The van der Waals surface area contributed by atoms with E-state index in [0.29, 0.717) is 35.6 Å². The number of para-hydroxylation sites is 2. The number of phenolic OH excluding ortho intramolecular Hbond substituents is 1. The third-order valence-electron chi connectivity index (χ3n) is 5.09. The first-order valence-corrected chi connectivity index (χ1v) is 8.86. The van der Waals surface area contributed by atoms with Crippen LogP contribution in [-0.4, -0.2) is 28.2 Å². The summed E-state index contributed by atoms with van der Waals surface area (Å²) in [7, 11) is 1.62. The highest BCUT2D eigenvalue weighted by Crippen LogP contribution is 2.28. The summed E-state index contributed by atoms with van der Waals surface area (Å²) in [6.07, 6.45) is 0.680. The first kappa shape index (κ1) is 17.1. The number of hydrogen-bond donors (Lipinski definition) is 1. The summed E-state index contributed by atoms with van der Waals surface area (Å²) < 4.78 is 6.23. The minimum absolute atomic E-state index is 0.113. The van der Waals surface area contributed by atoms with E-state index >= 15 is 0 Å². The van der Waals surface area contributed by atoms with Gasteiger partial charge in [0.2, 0.25) is 5.78 Å². The Labute approximate surface area is 154 Å². The summed E-state index contributed by atoms with van der Waals surface area (Å²) in [6, 6.07) is 6.96. The van der Waals surface area contributed by atoms with Crippen LogP contribution in [0.1, 0.15) is 24.7 Å². The van der Waals surface area contributed by atoms with Crippen molar-refractivity contribution in [2.75, 3.05) is 0 Å². The molecule has 0 aliphatic heterocycles. The number of benzene rings is 1. The lowest BCUT2D eigenvalue weighted by atomic mass is 10.2. The molecule has 0 saturated heterocycles. The minimum Gasteiger partial charge on any atom is -0.506 e. The maximum atomic E-state index is 13.1. The zero-order chi connectivity index (χ0) is 19.5. The summed E-state index contributed by atoms with van der Waals surface area (Å²) in [5.74, 6) is 0.602. The zero-order valence-corrected chi connectivity index (χ0v) is 15.7. The van der Waals surface area contributed by atoms with Crippen LogP contribution in [0.3, 0.4) is 0 Å². The van der Waals surface area contributed by atoms with Gasteiger partial charge in [0.05, 0.1) is 5.69 Å². The van der Waals surface area contributed by atoms with Crippen molar-refractivity contribution in [3.8, 4) is 11.4 Å². The molecule has 0 fully saturated rings. The lowest BCUT2D eigenvalue weighted by Gasteiger charge is -2.08. The van der Waals surface area contributed by atoms with E-state index in [1.165, 1.54) is 9.13 Å². The van der Waals surface area contributed by atoms with E-state index in [-0.39, 0.29) is 17.0 Å². The van der Waals surface area contributed by atoms with Crippen LogP contribution in [0.25, 0.3) is 22.6 Å². The molecule has 0 amide bonds. The average molecular weight is 367 g/mol. The second-order valence-corrected chi connectivity index (χ2v) is 6.71. The fraction of sp³-hybridized carbons (Fsp3) is 0.316. The summed E-state index contributed by atoms with van der Waals surface area (Å²) >= 11 is 0. The highest BCUT2D eigenvalue weighted by atomic mass is 16.3. The van der Waals surface area contributed by atoms with Gasteiger partial charge in [0.15, 0.2) is 11.2 Å². The van der Waals surface area contributed by atoms with Gasteiger partial charge in [-0.15, -0.1) is 0 Å². The van der Waals surface area contributed by atoms with Crippen molar-refractivity contribution in [1.82, 2.24) is 23.1 Å². The van der Waals surface area contributed by atoms with Crippen molar-refractivity contribution in [1.29, 1.82) is 0 Å². The van der Waals surface area contributed by atoms with Gasteiger partial charge in [0, 0.05) is 25.0 Å². The Morgan fingerprint density at radius 3 is 2.48 bits per heavy atom. The number of nitrogens with zero attached hydrogens (tertiary/aromatic N) is 5. The Bertz CT molecular complexity index is 1320. The van der Waals surface area contributed by atoms with Crippen LogP contribution in [0.5, 0.6) is 5.75 Å². The van der Waals surface area contributed by atoms with E-state index < -0.39 is 0 Å². The molecule has 3 heterocycles. The van der Waals surface area contributed by atoms with Crippen molar-refractivity contribution in [3.05, 3.63) is 56.5 Å². The number of rotatable bonds is 3. The van der Waals surface area contributed by atoms with Crippen LogP contribution in [0.4, 0.5) is 0 Å². The summed E-state index contributed by atoms with van der Waals surface area (Å²) in [5.41, 5.74) is 2.24. The van der Waals surface area contributed by atoms with E-state index in [1.54, 1.807) is 34.2 Å². The molecule has 0 unspecified atom stereocenters. The Morgan fingerprint density at radius 2 is 1.81 bits per heavy atom. The van der Waals surface area contributed by atoms with Gasteiger partial charge in [-0.25, -0.2) is 4.79 Å². The number of aryl methyl sites for hydroxylation is 2. The summed E-state index contributed by atoms with van der Waals surface area (Å²) in [6.45, 7) is 6.09. The van der Waals surface area contributed by atoms with Crippen molar-refractivity contribution >= 4 is 16.9 Å². The van der Waals surface area contributed by atoms with Gasteiger partial charge >= 0.3 is 5.69 Å². The Morgan fingerprint density at radius 1 is 1.11 bits per heavy atom. The number of hydrogen-bond acceptors (Lipinski definition) is 4. The fourth-order valence-corrected chi connectivity index (χ4v) is 3.61. The largest absolute Gasteiger partial charge is 0.506 e. The molecule has 1 aromatic carbocycles. The number of aromatic nitrogens is 5. The second-order valence-electron chi connectivity index (χ2n) is 6.71. The number of aromatic hydroxyl groups is 1. The molecule has 4 rings (SSSR count). The van der Waals surface area contributed by atoms with Gasteiger partial charge in [0.1, 0.15) is 5.75 Å². The molecule has 0 atom stereocenters. The van der Waals surface area contributed by atoms with Crippen LogP contribution < -0.4 is 11.2 Å². The predicted molar refractivity (Wildman–Crippen MR) is 103 cm³/mol. The van der Waals surface area contributed by atoms with Crippen LogP contribution >= 0.6 is 0 Å². The van der Waals surface area contributed by atoms with Crippen molar-refractivity contribution < 1.29 is 5.11 Å². The van der Waals surface area contributed by atoms with E-state index in [2.05, 4.69) is 4.98 Å². The number of fused-ring (bicyclic) bond motifs is 3. The Hall–Kier alpha value is -3.29. The van der Waals surface area contributed by atoms with E-state index in [0.717, 1.165) is 11.4 Å². The third-order valence-corrected chi connectivity index (χ3v) is 5.09. The SMILES string of the molecule is CCCn1c(=O)c2c(nc3n(-c4ccccc4O)c(C)c(C)n23)n(C)c1=O. The molecular weight excluding hydrogens is 346 g/mol. The minimum atomic E-state index is -0.376. The van der Waals surface area contributed by atoms with Crippen LogP contribution in [0.2, 0.25) is 0 Å². The smallest absolute Gasteiger partial charge is 0.332 e.